The molecule has 0 radical (unpaired) electrons. The minimum absolute atomic E-state index is 0.112. The summed E-state index contributed by atoms with van der Waals surface area (Å²) in [6.07, 6.45) is 1.81. The molecule has 3 heteroatoms. The van der Waals surface area contributed by atoms with Crippen LogP contribution in [0.25, 0.3) is 0 Å². The van der Waals surface area contributed by atoms with Crippen LogP contribution in [0.5, 0.6) is 0 Å². The lowest BCUT2D eigenvalue weighted by molar-refractivity contribution is -0.122. The van der Waals surface area contributed by atoms with Crippen LogP contribution in [0.1, 0.15) is 37.7 Å². The lowest BCUT2D eigenvalue weighted by atomic mass is 9.86. The number of carbonyl (C=O) groups excluding carboxylic acids is 2. The van der Waals surface area contributed by atoms with Crippen molar-refractivity contribution in [3.05, 3.63) is 46.5 Å². The van der Waals surface area contributed by atoms with E-state index in [1.807, 2.05) is 37.3 Å². The van der Waals surface area contributed by atoms with E-state index in [1.54, 1.807) is 0 Å². The Hall–Kier alpha value is -1.41. The maximum atomic E-state index is 12.4. The van der Waals surface area contributed by atoms with E-state index < -0.39 is 0 Å². The lowest BCUT2D eigenvalue weighted by Crippen LogP contribution is -2.22. The molecule has 0 saturated heterocycles. The third-order valence-electron chi connectivity index (χ3n) is 3.29. The smallest absolute Gasteiger partial charge is 0.174 e. The molecule has 18 heavy (non-hydrogen) atoms. The van der Waals surface area contributed by atoms with Crippen molar-refractivity contribution in [2.75, 3.05) is 0 Å². The molecule has 0 amide bonds. The van der Waals surface area contributed by atoms with E-state index in [4.69, 9.17) is 11.6 Å². The van der Waals surface area contributed by atoms with Crippen molar-refractivity contribution in [1.82, 2.24) is 0 Å². The highest BCUT2D eigenvalue weighted by atomic mass is 35.5. The van der Waals surface area contributed by atoms with Crippen LogP contribution < -0.4 is 0 Å². The summed E-state index contributed by atoms with van der Waals surface area (Å²) < 4.78 is 0. The van der Waals surface area contributed by atoms with Gasteiger partial charge in [-0.1, -0.05) is 48.9 Å². The van der Waals surface area contributed by atoms with Gasteiger partial charge in [-0.15, -0.1) is 0 Å². The number of rotatable bonds is 3. The molecule has 0 aliphatic heterocycles. The number of carbonyl (C=O) groups is 2. The fourth-order valence-electron chi connectivity index (χ4n) is 2.19. The summed E-state index contributed by atoms with van der Waals surface area (Å²) in [5.41, 5.74) is 1.14. The van der Waals surface area contributed by atoms with Crippen LogP contribution in [0.4, 0.5) is 0 Å². The van der Waals surface area contributed by atoms with E-state index in [1.165, 1.54) is 0 Å². The van der Waals surface area contributed by atoms with Crippen LogP contribution in [-0.2, 0) is 9.59 Å². The fraction of sp³-hybridized carbons (Fsp3) is 0.333. The molecule has 0 aromatic heterocycles. The van der Waals surface area contributed by atoms with Crippen molar-refractivity contribution in [3.8, 4) is 0 Å². The molecule has 1 aliphatic rings. The van der Waals surface area contributed by atoms with Gasteiger partial charge >= 0.3 is 0 Å². The normalized spacial score (nSPS) is 17.8. The van der Waals surface area contributed by atoms with Crippen molar-refractivity contribution in [3.63, 3.8) is 0 Å². The Balaban J connectivity index is 2.29. The van der Waals surface area contributed by atoms with Crippen molar-refractivity contribution in [2.45, 2.75) is 32.1 Å². The van der Waals surface area contributed by atoms with Crippen molar-refractivity contribution in [1.29, 1.82) is 0 Å². The van der Waals surface area contributed by atoms with E-state index in [2.05, 4.69) is 0 Å². The average Bonchev–Trinajstić information content (AvgIpc) is 2.38. The molecule has 1 aliphatic carbocycles. The first-order valence-electron chi connectivity index (χ1n) is 6.12. The molecule has 0 N–H and O–H groups in total. The Morgan fingerprint density at radius 1 is 1.22 bits per heavy atom. The number of halogens is 1. The van der Waals surface area contributed by atoms with Gasteiger partial charge < -0.3 is 0 Å². The number of benzene rings is 1. The van der Waals surface area contributed by atoms with Gasteiger partial charge in [0.25, 0.3) is 0 Å². The molecule has 1 atom stereocenters. The molecule has 0 saturated carbocycles. The number of hydrogen-bond acceptors (Lipinski definition) is 2. The van der Waals surface area contributed by atoms with Crippen LogP contribution >= 0.6 is 11.6 Å². The zero-order valence-electron chi connectivity index (χ0n) is 10.3. The molecule has 0 bridgehead atoms. The predicted octanol–water partition coefficient (Wildman–Crippen LogP) is 3.61. The van der Waals surface area contributed by atoms with Gasteiger partial charge in [0.1, 0.15) is 0 Å². The first-order chi connectivity index (χ1) is 8.61. The molecule has 1 unspecified atom stereocenters. The summed E-state index contributed by atoms with van der Waals surface area (Å²) in [6.45, 7) is 1.82. The molecule has 0 fully saturated rings. The van der Waals surface area contributed by atoms with E-state index in [9.17, 15) is 9.59 Å². The second kappa shape index (κ2) is 5.49. The van der Waals surface area contributed by atoms with Crippen LogP contribution in [0.15, 0.2) is 40.9 Å². The summed E-state index contributed by atoms with van der Waals surface area (Å²) in [5, 5.41) is 0.430. The van der Waals surface area contributed by atoms with Crippen LogP contribution in [0.2, 0.25) is 0 Å². The first kappa shape index (κ1) is 13.0. The first-order valence-corrected chi connectivity index (χ1v) is 6.50. The molecule has 0 heterocycles. The standard InChI is InChI=1S/C15H15ClO2/c1-10(11-6-3-2-4-7-11)15(18)14-12(16)8-5-9-13(14)17/h2-4,6-7,10H,5,8-9H2,1H3. The second-order valence-corrected chi connectivity index (χ2v) is 5.01. The van der Waals surface area contributed by atoms with Gasteiger partial charge in [0, 0.05) is 17.4 Å². The Morgan fingerprint density at radius 3 is 2.50 bits per heavy atom. The Labute approximate surface area is 112 Å². The number of allylic oxidation sites excluding steroid dienone is 2. The summed E-state index contributed by atoms with van der Waals surface area (Å²) in [6, 6.07) is 9.46. The molecule has 94 valence electrons. The quantitative estimate of drug-likeness (QED) is 0.780. The maximum Gasteiger partial charge on any atom is 0.174 e. The minimum Gasteiger partial charge on any atom is -0.294 e. The highest BCUT2D eigenvalue weighted by Crippen LogP contribution is 2.30. The van der Waals surface area contributed by atoms with Gasteiger partial charge in [-0.25, -0.2) is 0 Å². The second-order valence-electron chi connectivity index (χ2n) is 4.55. The van der Waals surface area contributed by atoms with Gasteiger partial charge in [0.05, 0.1) is 5.57 Å². The summed E-state index contributed by atoms with van der Waals surface area (Å²) in [4.78, 5) is 24.2. The van der Waals surface area contributed by atoms with Crippen molar-refractivity contribution < 1.29 is 9.59 Å². The molecular weight excluding hydrogens is 248 g/mol. The Morgan fingerprint density at radius 2 is 1.89 bits per heavy atom. The van der Waals surface area contributed by atoms with E-state index in [0.717, 1.165) is 12.0 Å². The van der Waals surface area contributed by atoms with Gasteiger partial charge in [-0.2, -0.15) is 0 Å². The van der Waals surface area contributed by atoms with Gasteiger partial charge in [0.2, 0.25) is 0 Å². The highest BCUT2D eigenvalue weighted by Gasteiger charge is 2.29. The zero-order valence-corrected chi connectivity index (χ0v) is 11.0. The summed E-state index contributed by atoms with van der Waals surface area (Å²) in [7, 11) is 0. The topological polar surface area (TPSA) is 34.1 Å². The van der Waals surface area contributed by atoms with E-state index >= 15 is 0 Å². The van der Waals surface area contributed by atoms with Crippen molar-refractivity contribution in [2.24, 2.45) is 0 Å². The molecular formula is C15H15ClO2. The van der Waals surface area contributed by atoms with Gasteiger partial charge in [0.15, 0.2) is 11.6 Å². The Kier molecular flexibility index (Phi) is 3.97. The largest absolute Gasteiger partial charge is 0.294 e. The molecule has 2 nitrogen and oxygen atoms in total. The average molecular weight is 263 g/mol. The molecule has 1 aromatic carbocycles. The van der Waals surface area contributed by atoms with Crippen molar-refractivity contribution >= 4 is 23.2 Å². The van der Waals surface area contributed by atoms with Gasteiger partial charge in [-0.05, 0) is 18.4 Å². The SMILES string of the molecule is CC(C(=O)C1=C(Cl)CCCC1=O)c1ccccc1. The third-order valence-corrected chi connectivity index (χ3v) is 3.67. The van der Waals surface area contributed by atoms with Crippen LogP contribution in [0.3, 0.4) is 0 Å². The van der Waals surface area contributed by atoms with Crippen LogP contribution in [-0.4, -0.2) is 11.6 Å². The zero-order chi connectivity index (χ0) is 13.1. The molecule has 1 aromatic rings. The highest BCUT2D eigenvalue weighted by molar-refractivity contribution is 6.37. The number of ketones is 2. The number of hydrogen-bond donors (Lipinski definition) is 0. The lowest BCUT2D eigenvalue weighted by Gasteiger charge is -2.17. The van der Waals surface area contributed by atoms with Crippen LogP contribution in [0, 0.1) is 0 Å². The van der Waals surface area contributed by atoms with Gasteiger partial charge in [-0.3, -0.25) is 9.59 Å². The summed E-state index contributed by atoms with van der Waals surface area (Å²) >= 11 is 6.04. The molecule has 2 rings (SSSR count). The monoisotopic (exact) mass is 262 g/mol. The minimum atomic E-state index is -0.322. The third kappa shape index (κ3) is 2.54. The molecule has 0 spiro atoms. The maximum absolute atomic E-state index is 12.4. The fourth-order valence-corrected chi connectivity index (χ4v) is 2.52. The van der Waals surface area contributed by atoms with E-state index in [-0.39, 0.29) is 23.1 Å². The Bertz CT molecular complexity index is 502. The van der Waals surface area contributed by atoms with E-state index in [0.29, 0.717) is 17.9 Å². The number of Topliss-reactive ketones (excluding diaryl/α,β-unsaturated/α-hetero) is 2. The summed E-state index contributed by atoms with van der Waals surface area (Å²) in [5.74, 6) is -0.591. The predicted molar refractivity (Wildman–Crippen MR) is 71.6 cm³/mol.